The molecule has 2 saturated heterocycles. The first-order chi connectivity index (χ1) is 49.7. The molecule has 6 aromatic rings. The number of H-pyrrole nitrogens is 1. The lowest BCUT2D eigenvalue weighted by molar-refractivity contribution is -0.219. The molecule has 532 valence electrons. The zero-order chi connectivity index (χ0) is 69.2. The Bertz CT molecular complexity index is 4450. The minimum Gasteiger partial charge on any atom is -0.504 e. The van der Waals surface area contributed by atoms with Gasteiger partial charge in [-0.25, -0.2) is 0 Å². The standard InChI is InChI=1S/C83H96N10O9/c1-47(94)100-66-38-65(55-36-64(96)75(97)69(37-55)99-31-24-48-10-9-28-86-43-48)102-76-58(66)19-17-56-18-20-60-67-34-51-32-53-12-7-14-57-59-42-80(25-5-6-26-80)82(72(59)74(85-2)71(53)57,40-50-22-29-88-70(84)35-50)46-89-79-91-77(93-44-54-23-30-87-62(54)45-93)73(83(60,41-51)92-79)78(98)90-61-15-4-3-11-52(61)13-8-27-81(56,76)39-49-16-21-63(95)68(33-49)101-67/h7,9-10,12,14,16,21-23,28,30,33,35-37,43-45,51-52,56,58-61,65-67,72-74,76-78,85,87-88,90,95-98H,3-6,11,15,17,19,24-27,29,31-32,34,38-42,46,84H2,1-2H3,(H2,89,91,92). The van der Waals surface area contributed by atoms with Crippen molar-refractivity contribution in [3.05, 3.63) is 155 Å². The van der Waals surface area contributed by atoms with Crippen LogP contribution in [0.1, 0.15) is 167 Å². The fourth-order valence-electron chi connectivity index (χ4n) is 23.0. The molecule has 19 unspecified atom stereocenters. The Labute approximate surface area is 596 Å². The van der Waals surface area contributed by atoms with Crippen LogP contribution in [0.5, 0.6) is 28.7 Å². The van der Waals surface area contributed by atoms with Crippen molar-refractivity contribution in [3.8, 4) is 52.4 Å². The Morgan fingerprint density at radius 2 is 1.83 bits per heavy atom. The van der Waals surface area contributed by atoms with Crippen molar-refractivity contribution in [2.24, 2.45) is 68.4 Å². The van der Waals surface area contributed by atoms with Crippen LogP contribution in [0, 0.1) is 81.4 Å². The minimum absolute atomic E-state index is 0.0107. The summed E-state index contributed by atoms with van der Waals surface area (Å²) in [6, 6.07) is 22.1. The number of nitrogens with one attached hydrogen (secondary N) is 6. The molecule has 6 aliphatic heterocycles. The van der Waals surface area contributed by atoms with Crippen LogP contribution in [-0.2, 0) is 33.5 Å². The largest absolute Gasteiger partial charge is 0.504 e. The number of hydrogen-bond acceptors (Lipinski definition) is 17. The number of phenols is 3. The number of guanidine groups is 1. The van der Waals surface area contributed by atoms with Crippen LogP contribution in [0.3, 0.4) is 0 Å². The molecule has 102 heavy (non-hydrogen) atoms. The van der Waals surface area contributed by atoms with Gasteiger partial charge >= 0.3 is 5.97 Å². The first-order valence-electron chi connectivity index (χ1n) is 37.9. The van der Waals surface area contributed by atoms with Gasteiger partial charge in [0.1, 0.15) is 24.6 Å². The van der Waals surface area contributed by atoms with E-state index >= 15 is 0 Å². The molecule has 0 radical (unpaired) electrons. The van der Waals surface area contributed by atoms with Gasteiger partial charge in [-0.2, -0.15) is 0 Å². The molecule has 19 atom stereocenters. The Hall–Kier alpha value is -8.59. The molecule has 18 rings (SSSR count). The third kappa shape index (κ3) is 10.9. The van der Waals surface area contributed by atoms with Crippen molar-refractivity contribution in [2.45, 2.75) is 189 Å². The maximum absolute atomic E-state index is 14.2. The summed E-state index contributed by atoms with van der Waals surface area (Å²) in [4.78, 5) is 27.5. The quantitative estimate of drug-likeness (QED) is 0.0346. The first-order valence-corrected chi connectivity index (χ1v) is 37.9. The summed E-state index contributed by atoms with van der Waals surface area (Å²) in [5.74, 6) is 15.3. The van der Waals surface area contributed by atoms with Gasteiger partial charge < -0.3 is 75.9 Å². The van der Waals surface area contributed by atoms with Crippen LogP contribution in [-0.4, -0.2) is 110 Å². The molecule has 9 heterocycles. The summed E-state index contributed by atoms with van der Waals surface area (Å²) in [5.41, 5.74) is 13.3. The number of pyridine rings is 1. The number of hydrogen-bond donors (Lipinski definition) is 11. The van der Waals surface area contributed by atoms with Gasteiger partial charge in [0.05, 0.1) is 47.5 Å². The number of rotatable bonds is 10. The molecular weight excluding hydrogens is 1280 g/mol. The second kappa shape index (κ2) is 25.7. The number of ether oxygens (including phenoxy) is 4. The van der Waals surface area contributed by atoms with Gasteiger partial charge in [0.25, 0.3) is 0 Å². The van der Waals surface area contributed by atoms with Crippen molar-refractivity contribution in [1.29, 1.82) is 0 Å². The van der Waals surface area contributed by atoms with Crippen molar-refractivity contribution >= 4 is 22.8 Å². The number of aromatic nitrogens is 3. The number of carbonyl (C=O) groups excluding carboxylic acids is 1. The smallest absolute Gasteiger partial charge is 0.302 e. The van der Waals surface area contributed by atoms with E-state index < -0.39 is 65.6 Å². The third-order valence-corrected chi connectivity index (χ3v) is 27.1. The topological polar surface area (TPSA) is 267 Å². The minimum atomic E-state index is -1.12. The SMILES string of the molecule is CNC1c2c3cccc2C2CC4(CCCC4)C(CC4=CCNC(N)=C4)(CN=C4NC(n5cc6cc[nH]c6c5)C5C(O)NC6CCCCC6C#CCC67Cc8ccc(O)c(c8)OC8CC(C3)CC5(N4)C8C#CC6CCC3C(OC(C)=O)CC(c4cc(O)c(O)c(OCCc5cccnc5)c4)OC37)C21. The highest BCUT2D eigenvalue weighted by Gasteiger charge is 2.69. The molecule has 9 bridgehead atoms. The van der Waals surface area contributed by atoms with Gasteiger partial charge in [-0.1, -0.05) is 79.9 Å². The lowest BCUT2D eigenvalue weighted by Gasteiger charge is -2.59. The highest BCUT2D eigenvalue weighted by Crippen LogP contribution is 2.75. The van der Waals surface area contributed by atoms with E-state index in [1.807, 2.05) is 30.5 Å². The predicted molar refractivity (Wildman–Crippen MR) is 386 cm³/mol. The number of dihydropyridines is 1. The molecule has 3 aromatic carbocycles. The summed E-state index contributed by atoms with van der Waals surface area (Å²) < 4.78 is 30.6. The molecule has 0 amide bonds. The lowest BCUT2D eigenvalue weighted by atomic mass is 9.55. The number of aliphatic hydroxyl groups excluding tert-OH is 1. The van der Waals surface area contributed by atoms with Gasteiger partial charge in [0, 0.05) is 116 Å². The summed E-state index contributed by atoms with van der Waals surface area (Å²) in [5, 5.41) is 70.7. The third-order valence-electron chi connectivity index (χ3n) is 27.1. The van der Waals surface area contributed by atoms with E-state index in [1.54, 1.807) is 24.5 Å². The number of nitrogens with two attached hydrogens (primary N) is 1. The Morgan fingerprint density at radius 1 is 0.941 bits per heavy atom. The van der Waals surface area contributed by atoms with Crippen LogP contribution in [0.4, 0.5) is 0 Å². The Kier molecular flexibility index (Phi) is 16.5. The summed E-state index contributed by atoms with van der Waals surface area (Å²) >= 11 is 0. The van der Waals surface area contributed by atoms with Gasteiger partial charge in [0.2, 0.25) is 5.75 Å². The number of benzene rings is 3. The number of aliphatic hydroxyl groups is 1. The highest BCUT2D eigenvalue weighted by molar-refractivity contribution is 5.83. The number of phenolic OH excluding ortho intramolecular Hbond substituents is 3. The van der Waals surface area contributed by atoms with Gasteiger partial charge in [0.15, 0.2) is 29.0 Å². The summed E-state index contributed by atoms with van der Waals surface area (Å²) in [7, 11) is 2.18. The van der Waals surface area contributed by atoms with E-state index in [2.05, 4.69) is 121 Å². The average molecular weight is 1380 g/mol. The molecule has 19 heteroatoms. The van der Waals surface area contributed by atoms with Crippen LogP contribution in [0.2, 0.25) is 0 Å². The highest BCUT2D eigenvalue weighted by atomic mass is 16.6. The van der Waals surface area contributed by atoms with Crippen LogP contribution in [0.25, 0.3) is 10.9 Å². The van der Waals surface area contributed by atoms with E-state index in [9.17, 15) is 25.2 Å². The average Bonchev–Trinajstić information content (AvgIpc) is 1.49. The van der Waals surface area contributed by atoms with Gasteiger partial charge in [-0.3, -0.25) is 20.1 Å². The van der Waals surface area contributed by atoms with E-state index in [4.69, 9.17) is 29.7 Å². The zero-order valence-electron chi connectivity index (χ0n) is 58.4. The molecule has 5 saturated carbocycles. The van der Waals surface area contributed by atoms with E-state index in [-0.39, 0.29) is 88.5 Å². The maximum atomic E-state index is 14.2. The maximum Gasteiger partial charge on any atom is 0.302 e. The van der Waals surface area contributed by atoms with Crippen molar-refractivity contribution in [2.75, 3.05) is 26.7 Å². The van der Waals surface area contributed by atoms with Crippen molar-refractivity contribution < 1.29 is 44.2 Å². The predicted octanol–water partition coefficient (Wildman–Crippen LogP) is 10.8. The number of allylic oxidation sites excluding steroid dienone is 2. The molecule has 12 N–H and O–H groups in total. The molecule has 6 aliphatic carbocycles. The summed E-state index contributed by atoms with van der Waals surface area (Å²) in [6.45, 7) is 2.88. The van der Waals surface area contributed by atoms with Crippen molar-refractivity contribution in [1.82, 2.24) is 41.1 Å². The monoisotopic (exact) mass is 1380 g/mol. The Morgan fingerprint density at radius 3 is 2.68 bits per heavy atom. The lowest BCUT2D eigenvalue weighted by Crippen LogP contribution is -2.76. The van der Waals surface area contributed by atoms with Crippen molar-refractivity contribution in [3.63, 3.8) is 0 Å². The number of nitrogens with zero attached hydrogens (tertiary/aromatic N) is 3. The zero-order valence-corrected chi connectivity index (χ0v) is 58.4. The molecule has 12 aliphatic rings. The number of aliphatic imine (C=N–C) groups is 1. The second-order valence-corrected chi connectivity index (χ2v) is 32.4. The Balaban J connectivity index is 0.846. The van der Waals surface area contributed by atoms with E-state index in [0.717, 1.165) is 79.8 Å². The van der Waals surface area contributed by atoms with E-state index in [1.165, 1.54) is 48.1 Å². The summed E-state index contributed by atoms with van der Waals surface area (Å²) in [6.07, 6.45) is 25.0. The molecule has 3 aromatic heterocycles. The first kappa shape index (κ1) is 65.4. The number of esters is 1. The fraction of sp³-hybridized carbons (Fsp3) is 0.530. The normalized spacial score (nSPS) is 35.8. The number of aromatic amines is 1. The van der Waals surface area contributed by atoms with Gasteiger partial charge in [-0.05, 0) is 189 Å². The van der Waals surface area contributed by atoms with Crippen LogP contribution in [0.15, 0.2) is 126 Å². The second-order valence-electron chi connectivity index (χ2n) is 32.4. The fourth-order valence-corrected chi connectivity index (χ4v) is 23.0. The number of aromatic hydroxyl groups is 3. The molecule has 7 fully saturated rings. The van der Waals surface area contributed by atoms with Crippen LogP contribution >= 0.6 is 0 Å². The molecule has 2 spiro atoms. The molecular formula is C83H96N10O9. The number of fused-ring (bicyclic) bond motifs is 9. The number of carbonyl (C=O) groups is 1. The molecule has 19 nitrogen and oxygen atoms in total. The van der Waals surface area contributed by atoms with Gasteiger partial charge in [-0.15, -0.1) is 5.92 Å². The van der Waals surface area contributed by atoms with E-state index in [0.29, 0.717) is 87.0 Å². The van der Waals surface area contributed by atoms with Crippen LogP contribution < -0.4 is 41.8 Å².